The fraction of sp³-hybridized carbons (Fsp3) is 0.500. The van der Waals surface area contributed by atoms with Crippen molar-refractivity contribution in [2.24, 2.45) is 7.05 Å². The highest BCUT2D eigenvalue weighted by Crippen LogP contribution is 2.24. The molecule has 3 heterocycles. The van der Waals surface area contributed by atoms with Crippen LogP contribution in [0.4, 0.5) is 0 Å². The summed E-state index contributed by atoms with van der Waals surface area (Å²) in [5.41, 5.74) is 1.33. The third kappa shape index (κ3) is 2.20. The van der Waals surface area contributed by atoms with Crippen molar-refractivity contribution < 1.29 is 0 Å². The van der Waals surface area contributed by atoms with Gasteiger partial charge in [-0.05, 0) is 25.0 Å². The highest BCUT2D eigenvalue weighted by atomic mass is 15.1. The van der Waals surface area contributed by atoms with Crippen LogP contribution in [0.3, 0.4) is 0 Å². The molecule has 4 heteroatoms. The smallest absolute Gasteiger partial charge is 0.113 e. The number of fused-ring (bicyclic) bond motifs is 1. The van der Waals surface area contributed by atoms with Gasteiger partial charge < -0.3 is 14.5 Å². The molecule has 0 bridgehead atoms. The van der Waals surface area contributed by atoms with Gasteiger partial charge in [-0.15, -0.1) is 0 Å². The predicted octanol–water partition coefficient (Wildman–Crippen LogP) is 1.89. The first-order valence-electron chi connectivity index (χ1n) is 6.66. The lowest BCUT2D eigenvalue weighted by atomic mass is 9.99. The maximum atomic E-state index is 4.49. The van der Waals surface area contributed by atoms with Crippen molar-refractivity contribution in [1.82, 2.24) is 19.4 Å². The van der Waals surface area contributed by atoms with Crippen molar-refractivity contribution in [3.63, 3.8) is 0 Å². The SMILES string of the molecule is Cn1cccc1CNCC1CCCn2ccnc21. The van der Waals surface area contributed by atoms with Gasteiger partial charge in [0.15, 0.2) is 0 Å². The predicted molar refractivity (Wildman–Crippen MR) is 71.3 cm³/mol. The molecule has 1 aliphatic rings. The Kier molecular flexibility index (Phi) is 3.19. The van der Waals surface area contributed by atoms with Gasteiger partial charge in [0.25, 0.3) is 0 Å². The molecular formula is C14H20N4. The second-order valence-corrected chi connectivity index (χ2v) is 5.06. The van der Waals surface area contributed by atoms with Gasteiger partial charge in [-0.1, -0.05) is 0 Å². The summed E-state index contributed by atoms with van der Waals surface area (Å²) in [7, 11) is 2.09. The second-order valence-electron chi connectivity index (χ2n) is 5.06. The topological polar surface area (TPSA) is 34.8 Å². The second kappa shape index (κ2) is 4.98. The lowest BCUT2D eigenvalue weighted by molar-refractivity contribution is 0.421. The van der Waals surface area contributed by atoms with Crippen molar-refractivity contribution in [3.05, 3.63) is 42.2 Å². The van der Waals surface area contributed by atoms with E-state index < -0.39 is 0 Å². The van der Waals surface area contributed by atoms with Crippen LogP contribution in [-0.2, 0) is 20.1 Å². The highest BCUT2D eigenvalue weighted by molar-refractivity contribution is 5.07. The molecule has 1 atom stereocenters. The zero-order valence-electron chi connectivity index (χ0n) is 10.8. The van der Waals surface area contributed by atoms with Crippen LogP contribution >= 0.6 is 0 Å². The first-order valence-corrected chi connectivity index (χ1v) is 6.66. The number of imidazole rings is 1. The molecule has 4 nitrogen and oxygen atoms in total. The molecule has 3 rings (SSSR count). The summed E-state index contributed by atoms with van der Waals surface area (Å²) < 4.78 is 4.45. The average Bonchev–Trinajstić information content (AvgIpc) is 2.99. The first kappa shape index (κ1) is 11.5. The molecule has 0 radical (unpaired) electrons. The summed E-state index contributed by atoms with van der Waals surface area (Å²) in [6.07, 6.45) is 8.62. The molecule has 2 aromatic rings. The minimum Gasteiger partial charge on any atom is -0.353 e. The molecule has 0 spiro atoms. The number of aromatic nitrogens is 3. The molecule has 1 unspecified atom stereocenters. The van der Waals surface area contributed by atoms with Crippen molar-refractivity contribution >= 4 is 0 Å². The van der Waals surface area contributed by atoms with Crippen LogP contribution in [0, 0.1) is 0 Å². The number of nitrogens with one attached hydrogen (secondary N) is 1. The fourth-order valence-corrected chi connectivity index (χ4v) is 2.75. The molecule has 0 saturated carbocycles. The van der Waals surface area contributed by atoms with Crippen molar-refractivity contribution in [3.8, 4) is 0 Å². The van der Waals surface area contributed by atoms with Crippen LogP contribution in [0.25, 0.3) is 0 Å². The van der Waals surface area contributed by atoms with Crippen LogP contribution in [0.5, 0.6) is 0 Å². The van der Waals surface area contributed by atoms with Gasteiger partial charge in [0.2, 0.25) is 0 Å². The summed E-state index contributed by atoms with van der Waals surface area (Å²) in [6.45, 7) is 3.08. The number of aryl methyl sites for hydroxylation is 2. The summed E-state index contributed by atoms with van der Waals surface area (Å²) in [5, 5.41) is 3.55. The number of hydrogen-bond acceptors (Lipinski definition) is 2. The molecule has 1 N–H and O–H groups in total. The van der Waals surface area contributed by atoms with Gasteiger partial charge in [-0.25, -0.2) is 4.98 Å². The number of rotatable bonds is 4. The van der Waals surface area contributed by atoms with E-state index in [1.165, 1.54) is 24.4 Å². The minimum absolute atomic E-state index is 0.564. The molecule has 96 valence electrons. The van der Waals surface area contributed by atoms with Gasteiger partial charge >= 0.3 is 0 Å². The van der Waals surface area contributed by atoms with Crippen LogP contribution in [0.1, 0.15) is 30.3 Å². The zero-order valence-corrected chi connectivity index (χ0v) is 10.8. The van der Waals surface area contributed by atoms with E-state index in [4.69, 9.17) is 0 Å². The molecular weight excluding hydrogens is 224 g/mol. The maximum Gasteiger partial charge on any atom is 0.113 e. The van der Waals surface area contributed by atoms with E-state index in [9.17, 15) is 0 Å². The molecule has 2 aromatic heterocycles. The monoisotopic (exact) mass is 244 g/mol. The standard InChI is InChI=1S/C14H20N4/c1-17-7-3-5-13(17)11-15-10-12-4-2-8-18-9-6-16-14(12)18/h3,5-7,9,12,15H,2,4,8,10-11H2,1H3. The average molecular weight is 244 g/mol. The Labute approximate surface area is 108 Å². The van der Waals surface area contributed by atoms with Gasteiger partial charge in [-0.2, -0.15) is 0 Å². The maximum absolute atomic E-state index is 4.49. The lowest BCUT2D eigenvalue weighted by Crippen LogP contribution is -2.27. The quantitative estimate of drug-likeness (QED) is 0.891. The summed E-state index contributed by atoms with van der Waals surface area (Å²) in [5.74, 6) is 1.81. The lowest BCUT2D eigenvalue weighted by Gasteiger charge is -2.23. The molecule has 0 saturated heterocycles. The van der Waals surface area contributed by atoms with Crippen LogP contribution in [0.15, 0.2) is 30.7 Å². The molecule has 0 fully saturated rings. The Bertz CT molecular complexity index is 511. The van der Waals surface area contributed by atoms with Crippen molar-refractivity contribution in [2.45, 2.75) is 31.8 Å². The van der Waals surface area contributed by atoms with Crippen LogP contribution in [0.2, 0.25) is 0 Å². The van der Waals surface area contributed by atoms with E-state index in [1.807, 2.05) is 6.20 Å². The largest absolute Gasteiger partial charge is 0.353 e. The Morgan fingerprint density at radius 1 is 1.44 bits per heavy atom. The molecule has 18 heavy (non-hydrogen) atoms. The third-order valence-electron chi connectivity index (χ3n) is 3.81. The Morgan fingerprint density at radius 2 is 2.39 bits per heavy atom. The summed E-state index contributed by atoms with van der Waals surface area (Å²) in [6, 6.07) is 4.25. The number of nitrogens with zero attached hydrogens (tertiary/aromatic N) is 3. The van der Waals surface area contributed by atoms with Crippen LogP contribution < -0.4 is 5.32 Å². The van der Waals surface area contributed by atoms with Gasteiger partial charge in [0.05, 0.1) is 0 Å². The molecule has 0 amide bonds. The molecule has 0 aromatic carbocycles. The van der Waals surface area contributed by atoms with Crippen molar-refractivity contribution in [1.29, 1.82) is 0 Å². The Hall–Kier alpha value is -1.55. The summed E-state index contributed by atoms with van der Waals surface area (Å²) >= 11 is 0. The first-order chi connectivity index (χ1) is 8.84. The van der Waals surface area contributed by atoms with E-state index in [0.717, 1.165) is 19.6 Å². The van der Waals surface area contributed by atoms with Gasteiger partial charge in [-0.3, -0.25) is 0 Å². The van der Waals surface area contributed by atoms with Gasteiger partial charge in [0, 0.05) is 56.9 Å². The number of hydrogen-bond donors (Lipinski definition) is 1. The Morgan fingerprint density at radius 3 is 3.22 bits per heavy atom. The third-order valence-corrected chi connectivity index (χ3v) is 3.81. The van der Waals surface area contributed by atoms with Crippen LogP contribution in [-0.4, -0.2) is 20.7 Å². The molecule has 0 aliphatic carbocycles. The van der Waals surface area contributed by atoms with E-state index in [0.29, 0.717) is 5.92 Å². The highest BCUT2D eigenvalue weighted by Gasteiger charge is 2.20. The zero-order chi connectivity index (χ0) is 12.4. The fourth-order valence-electron chi connectivity index (χ4n) is 2.75. The van der Waals surface area contributed by atoms with E-state index >= 15 is 0 Å². The van der Waals surface area contributed by atoms with Crippen molar-refractivity contribution in [2.75, 3.05) is 6.54 Å². The summed E-state index contributed by atoms with van der Waals surface area (Å²) in [4.78, 5) is 4.49. The van der Waals surface area contributed by atoms with Gasteiger partial charge in [0.1, 0.15) is 5.82 Å². The van der Waals surface area contributed by atoms with E-state index in [1.54, 1.807) is 0 Å². The molecule has 1 aliphatic heterocycles. The normalized spacial score (nSPS) is 18.8. The van der Waals surface area contributed by atoms with E-state index in [2.05, 4.69) is 51.0 Å². The Balaban J connectivity index is 1.57. The van der Waals surface area contributed by atoms with E-state index in [-0.39, 0.29) is 0 Å². The minimum atomic E-state index is 0.564.